The molecule has 0 bridgehead atoms. The molecule has 1 saturated heterocycles. The molecule has 2 rings (SSSR count). The van der Waals surface area contributed by atoms with Crippen molar-refractivity contribution >= 4 is 29.5 Å². The van der Waals surface area contributed by atoms with Crippen LogP contribution in [-0.2, 0) is 25.5 Å². The van der Waals surface area contributed by atoms with Gasteiger partial charge in [0, 0.05) is 6.92 Å². The van der Waals surface area contributed by atoms with Gasteiger partial charge in [-0.1, -0.05) is 12.1 Å². The van der Waals surface area contributed by atoms with Crippen LogP contribution in [0, 0.1) is 0 Å². The minimum Gasteiger partial charge on any atom is -0.483 e. The standard InChI is InChI=1S/C19H25NO7S/c1-4-24-15(28)10-20-9-13-5-7-14(8-6-13)27-19-17(23)16(22)18(11(2)25-19)26-12(3)21/h5-8,10-11,16-19,22-23H,4,9H2,1-3H3/t11-,16-,17+,18-,19-/m0/s1. The number of carbonyl (C=O) groups excluding carboxylic acids is 1. The van der Waals surface area contributed by atoms with Crippen molar-refractivity contribution in [3.8, 4) is 5.75 Å². The Morgan fingerprint density at radius 3 is 2.57 bits per heavy atom. The molecular weight excluding hydrogens is 386 g/mol. The van der Waals surface area contributed by atoms with Crippen LogP contribution < -0.4 is 4.74 Å². The van der Waals surface area contributed by atoms with Gasteiger partial charge in [-0.15, -0.1) is 0 Å². The van der Waals surface area contributed by atoms with Crippen LogP contribution in [-0.4, -0.2) is 64.8 Å². The van der Waals surface area contributed by atoms with Gasteiger partial charge in [-0.2, -0.15) is 0 Å². The highest BCUT2D eigenvalue weighted by Crippen LogP contribution is 2.26. The number of aliphatic imine (C=N–C) groups is 1. The molecule has 1 aliphatic rings. The number of ether oxygens (including phenoxy) is 4. The number of aliphatic hydroxyl groups excluding tert-OH is 2. The molecular formula is C19H25NO7S. The zero-order chi connectivity index (χ0) is 20.7. The number of aliphatic hydroxyl groups is 2. The van der Waals surface area contributed by atoms with Crippen LogP contribution in [0.15, 0.2) is 29.3 Å². The van der Waals surface area contributed by atoms with Crippen LogP contribution in [0.4, 0.5) is 0 Å². The van der Waals surface area contributed by atoms with Crippen molar-refractivity contribution in [3.63, 3.8) is 0 Å². The summed E-state index contributed by atoms with van der Waals surface area (Å²) in [5, 5.41) is 20.8. The third kappa shape index (κ3) is 6.23. The van der Waals surface area contributed by atoms with E-state index in [0.717, 1.165) is 5.56 Å². The molecule has 0 aromatic heterocycles. The van der Waals surface area contributed by atoms with Crippen LogP contribution in [0.3, 0.4) is 0 Å². The van der Waals surface area contributed by atoms with Gasteiger partial charge in [-0.3, -0.25) is 9.79 Å². The maximum Gasteiger partial charge on any atom is 0.303 e. The molecule has 0 amide bonds. The minimum atomic E-state index is -1.37. The third-order valence-corrected chi connectivity index (χ3v) is 4.23. The summed E-state index contributed by atoms with van der Waals surface area (Å²) in [6.45, 7) is 5.64. The van der Waals surface area contributed by atoms with E-state index in [9.17, 15) is 15.0 Å². The van der Waals surface area contributed by atoms with Crippen molar-refractivity contribution in [2.45, 2.75) is 58.0 Å². The summed E-state index contributed by atoms with van der Waals surface area (Å²) < 4.78 is 21.3. The van der Waals surface area contributed by atoms with Crippen molar-refractivity contribution in [1.29, 1.82) is 0 Å². The van der Waals surface area contributed by atoms with Crippen LogP contribution in [0.5, 0.6) is 5.75 Å². The number of benzene rings is 1. The number of thiocarbonyl (C=S) groups is 1. The highest BCUT2D eigenvalue weighted by molar-refractivity contribution is 7.81. The van der Waals surface area contributed by atoms with Gasteiger partial charge in [-0.25, -0.2) is 0 Å². The second-order valence-electron chi connectivity index (χ2n) is 6.25. The molecule has 1 aromatic rings. The zero-order valence-electron chi connectivity index (χ0n) is 16.0. The van der Waals surface area contributed by atoms with E-state index in [0.29, 0.717) is 24.0 Å². The van der Waals surface area contributed by atoms with E-state index in [4.69, 9.17) is 31.2 Å². The quantitative estimate of drug-likeness (QED) is 0.394. The number of nitrogens with zero attached hydrogens (tertiary/aromatic N) is 1. The Morgan fingerprint density at radius 2 is 1.96 bits per heavy atom. The van der Waals surface area contributed by atoms with Crippen LogP contribution >= 0.6 is 12.2 Å². The van der Waals surface area contributed by atoms with Crippen LogP contribution in [0.1, 0.15) is 26.3 Å². The van der Waals surface area contributed by atoms with E-state index in [1.807, 2.05) is 19.1 Å². The highest BCUT2D eigenvalue weighted by Gasteiger charge is 2.45. The molecule has 1 fully saturated rings. The largest absolute Gasteiger partial charge is 0.483 e. The normalized spacial score (nSPS) is 27.4. The summed E-state index contributed by atoms with van der Waals surface area (Å²) in [7, 11) is 0. The molecule has 9 heteroatoms. The van der Waals surface area contributed by atoms with E-state index in [-0.39, 0.29) is 0 Å². The summed E-state index contributed by atoms with van der Waals surface area (Å²) in [6, 6.07) is 7.04. The van der Waals surface area contributed by atoms with Crippen LogP contribution in [0.25, 0.3) is 0 Å². The van der Waals surface area contributed by atoms with Gasteiger partial charge >= 0.3 is 5.97 Å². The lowest BCUT2D eigenvalue weighted by Crippen LogP contribution is -2.59. The van der Waals surface area contributed by atoms with Gasteiger partial charge < -0.3 is 29.2 Å². The molecule has 1 aromatic carbocycles. The third-order valence-electron chi connectivity index (χ3n) is 4.01. The van der Waals surface area contributed by atoms with Crippen molar-refractivity contribution in [2.75, 3.05) is 6.61 Å². The Balaban J connectivity index is 1.93. The summed E-state index contributed by atoms with van der Waals surface area (Å²) in [4.78, 5) is 15.3. The average Bonchev–Trinajstić information content (AvgIpc) is 2.64. The van der Waals surface area contributed by atoms with E-state index >= 15 is 0 Å². The molecule has 28 heavy (non-hydrogen) atoms. The molecule has 2 N–H and O–H groups in total. The number of hydrogen-bond donors (Lipinski definition) is 2. The Labute approximate surface area is 169 Å². The van der Waals surface area contributed by atoms with E-state index in [2.05, 4.69) is 4.99 Å². The fourth-order valence-corrected chi connectivity index (χ4v) is 2.86. The molecule has 0 saturated carbocycles. The fourth-order valence-electron chi connectivity index (χ4n) is 2.67. The molecule has 1 aliphatic heterocycles. The fraction of sp³-hybridized carbons (Fsp3) is 0.526. The molecule has 0 aliphatic carbocycles. The SMILES string of the molecule is CCOC(=S)C=NCc1ccc(O[C@@H]2O[C@@H](C)[C@H](OC(C)=O)[C@@H](O)[C@H]2O)cc1. The molecule has 0 unspecified atom stereocenters. The van der Waals surface area contributed by atoms with E-state index in [1.54, 1.807) is 19.1 Å². The number of esters is 1. The number of carbonyl (C=O) groups is 1. The Morgan fingerprint density at radius 1 is 1.29 bits per heavy atom. The Bertz CT molecular complexity index is 694. The summed E-state index contributed by atoms with van der Waals surface area (Å²) in [5.41, 5.74) is 0.927. The lowest BCUT2D eigenvalue weighted by Gasteiger charge is -2.40. The van der Waals surface area contributed by atoms with Crippen molar-refractivity contribution in [2.24, 2.45) is 4.99 Å². The lowest BCUT2D eigenvalue weighted by atomic mass is 9.99. The maximum atomic E-state index is 11.1. The number of rotatable bonds is 7. The first kappa shape index (κ1) is 22.2. The van der Waals surface area contributed by atoms with Crippen molar-refractivity contribution in [1.82, 2.24) is 0 Å². The monoisotopic (exact) mass is 411 g/mol. The summed E-state index contributed by atoms with van der Waals surface area (Å²) >= 11 is 4.96. The molecule has 0 spiro atoms. The molecule has 5 atom stereocenters. The second kappa shape index (κ2) is 10.5. The van der Waals surface area contributed by atoms with Crippen molar-refractivity contribution < 1.29 is 34.0 Å². The lowest BCUT2D eigenvalue weighted by molar-refractivity contribution is -0.272. The predicted molar refractivity (Wildman–Crippen MR) is 105 cm³/mol. The second-order valence-corrected chi connectivity index (χ2v) is 6.65. The maximum absolute atomic E-state index is 11.1. The molecule has 8 nitrogen and oxygen atoms in total. The Kier molecular flexibility index (Phi) is 8.31. The summed E-state index contributed by atoms with van der Waals surface area (Å²) in [6.07, 6.45) is -3.89. The van der Waals surface area contributed by atoms with Gasteiger partial charge in [0.25, 0.3) is 0 Å². The van der Waals surface area contributed by atoms with Gasteiger partial charge in [-0.05, 0) is 43.8 Å². The van der Waals surface area contributed by atoms with Gasteiger partial charge in [0.1, 0.15) is 18.0 Å². The van der Waals surface area contributed by atoms with Crippen molar-refractivity contribution in [3.05, 3.63) is 29.8 Å². The van der Waals surface area contributed by atoms with E-state index < -0.39 is 36.7 Å². The predicted octanol–water partition coefficient (Wildman–Crippen LogP) is 1.40. The topological polar surface area (TPSA) is 107 Å². The molecule has 154 valence electrons. The number of hydrogen-bond acceptors (Lipinski definition) is 9. The smallest absolute Gasteiger partial charge is 0.303 e. The first-order valence-corrected chi connectivity index (χ1v) is 9.33. The first-order valence-electron chi connectivity index (χ1n) is 8.92. The Hall–Kier alpha value is -2.07. The van der Waals surface area contributed by atoms with Crippen LogP contribution in [0.2, 0.25) is 0 Å². The van der Waals surface area contributed by atoms with Gasteiger partial charge in [0.05, 0.1) is 25.5 Å². The molecule has 0 radical (unpaired) electrons. The minimum absolute atomic E-state index is 0.339. The average molecular weight is 411 g/mol. The summed E-state index contributed by atoms with van der Waals surface area (Å²) in [5.74, 6) is -0.113. The van der Waals surface area contributed by atoms with Gasteiger partial charge in [0.15, 0.2) is 6.10 Å². The van der Waals surface area contributed by atoms with Gasteiger partial charge in [0.2, 0.25) is 11.3 Å². The highest BCUT2D eigenvalue weighted by atomic mass is 32.1. The zero-order valence-corrected chi connectivity index (χ0v) is 16.8. The van der Waals surface area contributed by atoms with E-state index in [1.165, 1.54) is 13.1 Å². The molecule has 1 heterocycles. The first-order chi connectivity index (χ1) is 13.3.